The number of aromatic amines is 2. The standard InChI is InChI=1S/C14H14N6O/c1-9(13-15-8-16-20-13)17-14(21)12-7-11(18-19-12)10-5-3-2-4-6-10/h2-9H,1H3,(H,17,21)(H,18,19)(H,15,16,20). The van der Waals surface area contributed by atoms with Crippen molar-refractivity contribution in [1.82, 2.24) is 30.7 Å². The van der Waals surface area contributed by atoms with E-state index in [1.807, 2.05) is 37.3 Å². The van der Waals surface area contributed by atoms with Gasteiger partial charge in [-0.1, -0.05) is 30.3 Å². The van der Waals surface area contributed by atoms with Crippen molar-refractivity contribution in [3.63, 3.8) is 0 Å². The predicted molar refractivity (Wildman–Crippen MR) is 76.3 cm³/mol. The molecule has 2 heterocycles. The molecule has 3 N–H and O–H groups in total. The summed E-state index contributed by atoms with van der Waals surface area (Å²) in [4.78, 5) is 16.2. The van der Waals surface area contributed by atoms with Crippen molar-refractivity contribution in [2.75, 3.05) is 0 Å². The number of nitrogens with one attached hydrogen (secondary N) is 3. The van der Waals surface area contributed by atoms with Crippen LogP contribution in [0, 0.1) is 0 Å². The second-order valence-electron chi connectivity index (χ2n) is 4.60. The third-order valence-electron chi connectivity index (χ3n) is 3.08. The predicted octanol–water partition coefficient (Wildman–Crippen LogP) is 1.69. The number of nitrogens with zero attached hydrogens (tertiary/aromatic N) is 3. The number of amides is 1. The molecule has 2 aromatic heterocycles. The van der Waals surface area contributed by atoms with Gasteiger partial charge in [-0.3, -0.25) is 15.0 Å². The average molecular weight is 282 g/mol. The van der Waals surface area contributed by atoms with E-state index in [0.717, 1.165) is 11.3 Å². The highest BCUT2D eigenvalue weighted by Gasteiger charge is 2.15. The molecule has 0 saturated carbocycles. The first-order chi connectivity index (χ1) is 10.2. The van der Waals surface area contributed by atoms with E-state index in [4.69, 9.17) is 0 Å². The lowest BCUT2D eigenvalue weighted by atomic mass is 10.1. The molecule has 1 unspecified atom stereocenters. The number of carbonyl (C=O) groups excluding carboxylic acids is 1. The van der Waals surface area contributed by atoms with Gasteiger partial charge in [0.1, 0.15) is 17.8 Å². The number of H-pyrrole nitrogens is 2. The molecule has 0 aliphatic heterocycles. The Morgan fingerprint density at radius 1 is 1.24 bits per heavy atom. The van der Waals surface area contributed by atoms with E-state index in [2.05, 4.69) is 30.7 Å². The fourth-order valence-corrected chi connectivity index (χ4v) is 1.96. The molecule has 0 fully saturated rings. The lowest BCUT2D eigenvalue weighted by Gasteiger charge is -2.09. The molecule has 21 heavy (non-hydrogen) atoms. The second kappa shape index (κ2) is 5.58. The van der Waals surface area contributed by atoms with Crippen LogP contribution in [0.2, 0.25) is 0 Å². The van der Waals surface area contributed by atoms with Crippen molar-refractivity contribution < 1.29 is 4.79 Å². The summed E-state index contributed by atoms with van der Waals surface area (Å²) >= 11 is 0. The Labute approximate surface area is 120 Å². The van der Waals surface area contributed by atoms with Crippen LogP contribution in [0.1, 0.15) is 29.3 Å². The molecule has 3 rings (SSSR count). The van der Waals surface area contributed by atoms with E-state index in [-0.39, 0.29) is 11.9 Å². The first kappa shape index (κ1) is 13.0. The maximum Gasteiger partial charge on any atom is 0.269 e. The van der Waals surface area contributed by atoms with Gasteiger partial charge in [-0.2, -0.15) is 10.2 Å². The van der Waals surface area contributed by atoms with E-state index in [9.17, 15) is 4.79 Å². The fraction of sp³-hybridized carbons (Fsp3) is 0.143. The monoisotopic (exact) mass is 282 g/mol. The Kier molecular flexibility index (Phi) is 3.46. The number of benzene rings is 1. The Hall–Kier alpha value is -2.96. The number of hydrogen-bond donors (Lipinski definition) is 3. The minimum Gasteiger partial charge on any atom is -0.341 e. The summed E-state index contributed by atoms with van der Waals surface area (Å²) < 4.78 is 0. The van der Waals surface area contributed by atoms with Crippen LogP contribution in [0.5, 0.6) is 0 Å². The van der Waals surface area contributed by atoms with Crippen LogP contribution in [0.4, 0.5) is 0 Å². The van der Waals surface area contributed by atoms with E-state index < -0.39 is 0 Å². The molecule has 3 aromatic rings. The van der Waals surface area contributed by atoms with Crippen LogP contribution >= 0.6 is 0 Å². The highest BCUT2D eigenvalue weighted by molar-refractivity contribution is 5.93. The van der Waals surface area contributed by atoms with E-state index in [1.54, 1.807) is 6.07 Å². The van der Waals surface area contributed by atoms with Crippen molar-refractivity contribution in [2.24, 2.45) is 0 Å². The summed E-state index contributed by atoms with van der Waals surface area (Å²) in [7, 11) is 0. The van der Waals surface area contributed by atoms with Gasteiger partial charge in [-0.05, 0) is 13.0 Å². The van der Waals surface area contributed by atoms with E-state index >= 15 is 0 Å². The first-order valence-electron chi connectivity index (χ1n) is 6.51. The molecule has 0 saturated heterocycles. The molecule has 1 amide bonds. The number of rotatable bonds is 4. The van der Waals surface area contributed by atoms with Gasteiger partial charge < -0.3 is 5.32 Å². The summed E-state index contributed by atoms with van der Waals surface area (Å²) in [5, 5.41) is 16.2. The van der Waals surface area contributed by atoms with Crippen LogP contribution in [0.25, 0.3) is 11.3 Å². The Morgan fingerprint density at radius 2 is 2.05 bits per heavy atom. The van der Waals surface area contributed by atoms with Crippen molar-refractivity contribution in [3.05, 3.63) is 54.2 Å². The maximum absolute atomic E-state index is 12.2. The molecule has 106 valence electrons. The van der Waals surface area contributed by atoms with Crippen LogP contribution < -0.4 is 5.32 Å². The summed E-state index contributed by atoms with van der Waals surface area (Å²) in [6, 6.07) is 11.1. The van der Waals surface area contributed by atoms with Crippen molar-refractivity contribution >= 4 is 5.91 Å². The number of aromatic nitrogens is 5. The molecule has 0 spiro atoms. The Bertz CT molecular complexity index is 719. The van der Waals surface area contributed by atoms with E-state index in [1.165, 1.54) is 6.33 Å². The van der Waals surface area contributed by atoms with Gasteiger partial charge in [0, 0.05) is 5.56 Å². The van der Waals surface area contributed by atoms with Gasteiger partial charge in [0.2, 0.25) is 0 Å². The lowest BCUT2D eigenvalue weighted by Crippen LogP contribution is -2.27. The molecule has 7 nitrogen and oxygen atoms in total. The van der Waals surface area contributed by atoms with Crippen LogP contribution in [0.15, 0.2) is 42.7 Å². The SMILES string of the molecule is CC(NC(=O)c1cc(-c2ccccc2)n[nH]1)c1ncn[nH]1. The van der Waals surface area contributed by atoms with Crippen molar-refractivity contribution in [3.8, 4) is 11.3 Å². The summed E-state index contributed by atoms with van der Waals surface area (Å²) in [6.07, 6.45) is 1.40. The molecule has 1 aromatic carbocycles. The van der Waals surface area contributed by atoms with Gasteiger partial charge in [0.05, 0.1) is 11.7 Å². The van der Waals surface area contributed by atoms with Crippen LogP contribution in [0.3, 0.4) is 0 Å². The average Bonchev–Trinajstić information content (AvgIpc) is 3.20. The van der Waals surface area contributed by atoms with Gasteiger partial charge in [0.25, 0.3) is 5.91 Å². The molecule has 0 aliphatic rings. The summed E-state index contributed by atoms with van der Waals surface area (Å²) in [6.45, 7) is 1.83. The first-order valence-corrected chi connectivity index (χ1v) is 6.51. The Balaban J connectivity index is 1.73. The number of carbonyl (C=O) groups is 1. The zero-order valence-electron chi connectivity index (χ0n) is 11.4. The molecule has 0 radical (unpaired) electrons. The number of hydrogen-bond acceptors (Lipinski definition) is 4. The summed E-state index contributed by atoms with van der Waals surface area (Å²) in [5.74, 6) is 0.361. The zero-order valence-corrected chi connectivity index (χ0v) is 11.4. The topological polar surface area (TPSA) is 99.3 Å². The van der Waals surface area contributed by atoms with Crippen LogP contribution in [-0.2, 0) is 0 Å². The smallest absolute Gasteiger partial charge is 0.269 e. The second-order valence-corrected chi connectivity index (χ2v) is 4.60. The van der Waals surface area contributed by atoms with Gasteiger partial charge >= 0.3 is 0 Å². The normalized spacial score (nSPS) is 12.0. The largest absolute Gasteiger partial charge is 0.341 e. The highest BCUT2D eigenvalue weighted by Crippen LogP contribution is 2.17. The highest BCUT2D eigenvalue weighted by atomic mass is 16.2. The maximum atomic E-state index is 12.2. The van der Waals surface area contributed by atoms with Gasteiger partial charge in [-0.15, -0.1) is 0 Å². The summed E-state index contributed by atoms with van der Waals surface area (Å²) in [5.41, 5.74) is 2.09. The third kappa shape index (κ3) is 2.81. The lowest BCUT2D eigenvalue weighted by molar-refractivity contribution is 0.0933. The molecule has 0 aliphatic carbocycles. The van der Waals surface area contributed by atoms with Crippen molar-refractivity contribution in [2.45, 2.75) is 13.0 Å². The molecule has 7 heteroatoms. The quantitative estimate of drug-likeness (QED) is 0.678. The minimum atomic E-state index is -0.261. The van der Waals surface area contributed by atoms with Crippen LogP contribution in [-0.4, -0.2) is 31.3 Å². The van der Waals surface area contributed by atoms with Crippen molar-refractivity contribution in [1.29, 1.82) is 0 Å². The van der Waals surface area contributed by atoms with Gasteiger partial charge in [-0.25, -0.2) is 4.98 Å². The Morgan fingerprint density at radius 3 is 2.76 bits per heavy atom. The minimum absolute atomic E-state index is 0.242. The van der Waals surface area contributed by atoms with E-state index in [0.29, 0.717) is 11.5 Å². The zero-order chi connectivity index (χ0) is 14.7. The molecule has 1 atom stereocenters. The van der Waals surface area contributed by atoms with Gasteiger partial charge in [0.15, 0.2) is 0 Å². The molecular weight excluding hydrogens is 268 g/mol. The third-order valence-corrected chi connectivity index (χ3v) is 3.08. The molecular formula is C14H14N6O. The fourth-order valence-electron chi connectivity index (χ4n) is 1.96. The molecule has 0 bridgehead atoms.